The summed E-state index contributed by atoms with van der Waals surface area (Å²) < 4.78 is 1.54. The summed E-state index contributed by atoms with van der Waals surface area (Å²) >= 11 is 6.11. The van der Waals surface area contributed by atoms with Crippen LogP contribution in [0.2, 0.25) is 5.02 Å². The number of anilines is 1. The first-order chi connectivity index (χ1) is 14.0. The Morgan fingerprint density at radius 3 is 2.76 bits per heavy atom. The van der Waals surface area contributed by atoms with E-state index in [0.717, 1.165) is 34.7 Å². The number of aryl methyl sites for hydroxylation is 1. The third-order valence-electron chi connectivity index (χ3n) is 5.04. The zero-order chi connectivity index (χ0) is 20.4. The van der Waals surface area contributed by atoms with Gasteiger partial charge >= 0.3 is 0 Å². The highest BCUT2D eigenvalue weighted by molar-refractivity contribution is 6.31. The quantitative estimate of drug-likeness (QED) is 0.371. The molecule has 1 saturated heterocycles. The first-order valence-corrected chi connectivity index (χ1v) is 9.59. The van der Waals surface area contributed by atoms with Crippen LogP contribution < -0.4 is 4.90 Å². The van der Waals surface area contributed by atoms with Gasteiger partial charge in [0.2, 0.25) is 5.91 Å². The minimum Gasteiger partial charge on any atom is -0.368 e. The van der Waals surface area contributed by atoms with Crippen molar-refractivity contribution in [2.75, 3.05) is 31.1 Å². The third-order valence-corrected chi connectivity index (χ3v) is 5.47. The first kappa shape index (κ1) is 19.0. The minimum atomic E-state index is -0.0158. The second kappa shape index (κ2) is 7.98. The van der Waals surface area contributed by atoms with E-state index in [4.69, 9.17) is 17.1 Å². The Labute approximate surface area is 172 Å². The number of hydrogen-bond donors (Lipinski definition) is 0. The highest BCUT2D eigenvalue weighted by atomic mass is 35.5. The molecule has 1 fully saturated rings. The fourth-order valence-electron chi connectivity index (χ4n) is 3.43. The number of rotatable bonds is 4. The van der Waals surface area contributed by atoms with Gasteiger partial charge in [-0.2, -0.15) is 5.10 Å². The van der Waals surface area contributed by atoms with Gasteiger partial charge in [-0.25, -0.2) is 9.67 Å². The van der Waals surface area contributed by atoms with E-state index in [1.165, 1.54) is 0 Å². The van der Waals surface area contributed by atoms with Gasteiger partial charge in [0.25, 0.3) is 0 Å². The SMILES string of the molecule is Cc1cc(N2CCN(C(=O)Cn3ncc4ccc(N=[N+]=[N-])nc43)CC2)ccc1Cl. The minimum absolute atomic E-state index is 0.0158. The molecule has 0 radical (unpaired) electrons. The van der Waals surface area contributed by atoms with Crippen molar-refractivity contribution in [3.8, 4) is 0 Å². The van der Waals surface area contributed by atoms with Gasteiger partial charge in [-0.3, -0.25) is 4.79 Å². The van der Waals surface area contributed by atoms with Gasteiger partial charge in [-0.1, -0.05) is 11.6 Å². The van der Waals surface area contributed by atoms with Crippen LogP contribution in [0.5, 0.6) is 0 Å². The molecule has 2 aromatic heterocycles. The number of amides is 1. The number of fused-ring (bicyclic) bond motifs is 1. The third kappa shape index (κ3) is 3.96. The number of piperazine rings is 1. The number of nitrogens with zero attached hydrogens (tertiary/aromatic N) is 8. The van der Waals surface area contributed by atoms with Crippen LogP contribution in [0.1, 0.15) is 5.56 Å². The number of hydrogen-bond acceptors (Lipinski definition) is 5. The Balaban J connectivity index is 1.42. The molecule has 1 aromatic carbocycles. The van der Waals surface area contributed by atoms with Crippen molar-refractivity contribution in [1.29, 1.82) is 0 Å². The van der Waals surface area contributed by atoms with Crippen molar-refractivity contribution in [2.45, 2.75) is 13.5 Å². The maximum Gasteiger partial charge on any atom is 0.244 e. The molecular weight excluding hydrogens is 392 g/mol. The topological polar surface area (TPSA) is 103 Å². The van der Waals surface area contributed by atoms with Crippen LogP contribution in [-0.4, -0.2) is 51.8 Å². The second-order valence-electron chi connectivity index (χ2n) is 6.88. The van der Waals surface area contributed by atoms with Crippen molar-refractivity contribution in [2.24, 2.45) is 5.11 Å². The Bertz CT molecular complexity index is 1110. The van der Waals surface area contributed by atoms with Crippen LogP contribution in [0.3, 0.4) is 0 Å². The lowest BCUT2D eigenvalue weighted by Gasteiger charge is -2.36. The van der Waals surface area contributed by atoms with Crippen LogP contribution in [0.25, 0.3) is 21.5 Å². The number of azide groups is 1. The van der Waals surface area contributed by atoms with Gasteiger partial charge in [0.1, 0.15) is 12.4 Å². The van der Waals surface area contributed by atoms with Crippen molar-refractivity contribution in [3.05, 3.63) is 57.6 Å². The zero-order valence-corrected chi connectivity index (χ0v) is 16.6. The molecule has 1 amide bonds. The number of carbonyl (C=O) groups is 1. The second-order valence-corrected chi connectivity index (χ2v) is 7.28. The lowest BCUT2D eigenvalue weighted by atomic mass is 10.2. The number of aromatic nitrogens is 3. The van der Waals surface area contributed by atoms with E-state index >= 15 is 0 Å². The monoisotopic (exact) mass is 410 g/mol. The van der Waals surface area contributed by atoms with Gasteiger partial charge in [-0.05, 0) is 53.5 Å². The highest BCUT2D eigenvalue weighted by Crippen LogP contribution is 2.23. The summed E-state index contributed by atoms with van der Waals surface area (Å²) in [7, 11) is 0. The van der Waals surface area contributed by atoms with Gasteiger partial charge in [0.05, 0.1) is 6.20 Å². The molecule has 10 heteroatoms. The Morgan fingerprint density at radius 2 is 2.03 bits per heavy atom. The molecule has 0 N–H and O–H groups in total. The van der Waals surface area contributed by atoms with Crippen molar-refractivity contribution < 1.29 is 4.79 Å². The molecule has 3 heterocycles. The lowest BCUT2D eigenvalue weighted by molar-refractivity contribution is -0.132. The molecule has 148 valence electrons. The highest BCUT2D eigenvalue weighted by Gasteiger charge is 2.22. The van der Waals surface area contributed by atoms with Gasteiger partial charge in [0.15, 0.2) is 5.65 Å². The van der Waals surface area contributed by atoms with Crippen LogP contribution in [0.15, 0.2) is 41.6 Å². The molecule has 0 atom stereocenters. The Hall–Kier alpha value is -3.29. The first-order valence-electron chi connectivity index (χ1n) is 9.22. The van der Waals surface area contributed by atoms with Crippen LogP contribution in [0, 0.1) is 6.92 Å². The summed E-state index contributed by atoms with van der Waals surface area (Å²) in [6.07, 6.45) is 1.65. The predicted molar refractivity (Wildman–Crippen MR) is 111 cm³/mol. The molecule has 4 rings (SSSR count). The lowest BCUT2D eigenvalue weighted by Crippen LogP contribution is -2.49. The zero-order valence-electron chi connectivity index (χ0n) is 15.9. The maximum atomic E-state index is 12.8. The standard InChI is InChI=1S/C19H19ClN8O/c1-13-10-15(3-4-16(13)20)26-6-8-27(9-7-26)18(29)12-28-19-14(11-22-28)2-5-17(23-19)24-25-21/h2-5,10-11H,6-9,12H2,1H3. The molecule has 0 unspecified atom stereocenters. The number of halogens is 1. The van der Waals surface area contributed by atoms with Crippen LogP contribution in [0.4, 0.5) is 11.5 Å². The van der Waals surface area contributed by atoms with Gasteiger partial charge in [0, 0.05) is 47.2 Å². The van der Waals surface area contributed by atoms with Gasteiger partial charge < -0.3 is 9.80 Å². The van der Waals surface area contributed by atoms with Crippen LogP contribution in [-0.2, 0) is 11.3 Å². The molecule has 1 aliphatic rings. The summed E-state index contributed by atoms with van der Waals surface area (Å²) in [5.41, 5.74) is 11.3. The molecule has 0 aliphatic carbocycles. The average molecular weight is 411 g/mol. The predicted octanol–water partition coefficient (Wildman–Crippen LogP) is 3.68. The molecular formula is C19H19ClN8O. The van der Waals surface area contributed by atoms with E-state index in [1.807, 2.05) is 24.0 Å². The summed E-state index contributed by atoms with van der Waals surface area (Å²) in [6, 6.07) is 9.38. The molecule has 1 aliphatic heterocycles. The van der Waals surface area contributed by atoms with Gasteiger partial charge in [-0.15, -0.1) is 0 Å². The normalized spacial score (nSPS) is 14.1. The summed E-state index contributed by atoms with van der Waals surface area (Å²) in [5, 5.41) is 9.32. The Morgan fingerprint density at radius 1 is 1.24 bits per heavy atom. The summed E-state index contributed by atoms with van der Waals surface area (Å²) in [6.45, 7) is 4.86. The molecule has 9 nitrogen and oxygen atoms in total. The van der Waals surface area contributed by atoms with Crippen molar-refractivity contribution in [3.63, 3.8) is 0 Å². The maximum absolute atomic E-state index is 12.8. The van der Waals surface area contributed by atoms with Crippen LogP contribution >= 0.6 is 11.6 Å². The summed E-state index contributed by atoms with van der Waals surface area (Å²) in [4.78, 5) is 23.9. The molecule has 0 saturated carbocycles. The summed E-state index contributed by atoms with van der Waals surface area (Å²) in [5.74, 6) is 0.235. The molecule has 0 bridgehead atoms. The van der Waals surface area contributed by atoms with Crippen molar-refractivity contribution >= 4 is 40.0 Å². The number of carbonyl (C=O) groups excluding carboxylic acids is 1. The fourth-order valence-corrected chi connectivity index (χ4v) is 3.55. The van der Waals surface area contributed by atoms with E-state index in [9.17, 15) is 4.79 Å². The van der Waals surface area contributed by atoms with E-state index in [-0.39, 0.29) is 18.3 Å². The van der Waals surface area contributed by atoms with E-state index in [0.29, 0.717) is 18.7 Å². The van der Waals surface area contributed by atoms with E-state index in [1.54, 1.807) is 23.0 Å². The molecule has 0 spiro atoms. The average Bonchev–Trinajstić information content (AvgIpc) is 3.12. The largest absolute Gasteiger partial charge is 0.368 e. The Kier molecular flexibility index (Phi) is 5.24. The van der Waals surface area contributed by atoms with E-state index in [2.05, 4.69) is 31.1 Å². The molecule has 29 heavy (non-hydrogen) atoms. The van der Waals surface area contributed by atoms with Crippen molar-refractivity contribution in [1.82, 2.24) is 19.7 Å². The number of benzene rings is 1. The molecule has 3 aromatic rings. The smallest absolute Gasteiger partial charge is 0.244 e. The number of pyridine rings is 1. The van der Waals surface area contributed by atoms with E-state index < -0.39 is 0 Å². The fraction of sp³-hybridized carbons (Fsp3) is 0.316.